The average Bonchev–Trinajstić information content (AvgIpc) is 3.06. The number of anilines is 1. The zero-order valence-electron chi connectivity index (χ0n) is 27.2. The van der Waals surface area contributed by atoms with Crippen LogP contribution in [0.3, 0.4) is 0 Å². The number of nitrogens with zero attached hydrogens (tertiary/aromatic N) is 2. The lowest BCUT2D eigenvalue weighted by atomic mass is 10.0. The SMILES string of the molecule is CCOc1ccccc1N(CC(=O)N(Cc1ccccc1Cl)C(Cc1ccccc1)C(=O)NCC(C)C)S(=O)(=O)c1ccc(C)cc1. The van der Waals surface area contributed by atoms with Gasteiger partial charge < -0.3 is 15.0 Å². The topological polar surface area (TPSA) is 96.0 Å². The molecule has 0 radical (unpaired) electrons. The van der Waals surface area contributed by atoms with Crippen molar-refractivity contribution in [2.24, 2.45) is 5.92 Å². The maximum Gasteiger partial charge on any atom is 0.264 e. The Morgan fingerprint density at radius 2 is 1.51 bits per heavy atom. The number of amides is 2. The zero-order valence-corrected chi connectivity index (χ0v) is 28.8. The molecule has 1 atom stereocenters. The van der Waals surface area contributed by atoms with E-state index in [0.717, 1.165) is 15.4 Å². The van der Waals surface area contributed by atoms with E-state index in [-0.39, 0.29) is 42.0 Å². The molecule has 248 valence electrons. The smallest absolute Gasteiger partial charge is 0.264 e. The van der Waals surface area contributed by atoms with Crippen LogP contribution in [0, 0.1) is 12.8 Å². The number of hydrogen-bond donors (Lipinski definition) is 1. The molecule has 4 rings (SSSR count). The predicted octanol–water partition coefficient (Wildman–Crippen LogP) is 6.65. The number of carbonyl (C=O) groups is 2. The molecular weight excluding hydrogens is 634 g/mol. The predicted molar refractivity (Wildman–Crippen MR) is 187 cm³/mol. The first-order valence-corrected chi connectivity index (χ1v) is 17.5. The fourth-order valence-corrected chi connectivity index (χ4v) is 6.70. The van der Waals surface area contributed by atoms with Crippen LogP contribution in [0.15, 0.2) is 108 Å². The van der Waals surface area contributed by atoms with Gasteiger partial charge in [-0.05, 0) is 61.2 Å². The second-order valence-corrected chi connectivity index (χ2v) is 14.0. The van der Waals surface area contributed by atoms with Crippen LogP contribution in [0.1, 0.15) is 37.5 Å². The molecule has 0 spiro atoms. The summed E-state index contributed by atoms with van der Waals surface area (Å²) in [6.07, 6.45) is 0.210. The Balaban J connectivity index is 1.84. The highest BCUT2D eigenvalue weighted by molar-refractivity contribution is 7.92. The third-order valence-corrected chi connectivity index (χ3v) is 9.72. The molecule has 0 saturated heterocycles. The van der Waals surface area contributed by atoms with Crippen molar-refractivity contribution >= 4 is 39.1 Å². The van der Waals surface area contributed by atoms with Gasteiger partial charge in [0.25, 0.3) is 10.0 Å². The molecule has 1 unspecified atom stereocenters. The van der Waals surface area contributed by atoms with Crippen molar-refractivity contribution in [3.63, 3.8) is 0 Å². The van der Waals surface area contributed by atoms with Crippen molar-refractivity contribution in [1.82, 2.24) is 10.2 Å². The number of aryl methyl sites for hydroxylation is 1. The summed E-state index contributed by atoms with van der Waals surface area (Å²) in [4.78, 5) is 30.1. The normalized spacial score (nSPS) is 12.0. The van der Waals surface area contributed by atoms with Gasteiger partial charge in [-0.1, -0.05) is 104 Å². The first-order chi connectivity index (χ1) is 22.5. The monoisotopic (exact) mass is 675 g/mol. The van der Waals surface area contributed by atoms with Gasteiger partial charge >= 0.3 is 0 Å². The van der Waals surface area contributed by atoms with Crippen molar-refractivity contribution in [2.75, 3.05) is 24.0 Å². The molecule has 1 N–H and O–H groups in total. The quantitative estimate of drug-likeness (QED) is 0.152. The third-order valence-electron chi connectivity index (χ3n) is 7.58. The lowest BCUT2D eigenvalue weighted by molar-refractivity contribution is -0.140. The van der Waals surface area contributed by atoms with E-state index in [2.05, 4.69) is 5.32 Å². The van der Waals surface area contributed by atoms with Crippen LogP contribution in [0.5, 0.6) is 5.75 Å². The average molecular weight is 676 g/mol. The summed E-state index contributed by atoms with van der Waals surface area (Å²) >= 11 is 6.58. The minimum atomic E-state index is -4.27. The molecule has 4 aromatic rings. The lowest BCUT2D eigenvalue weighted by Crippen LogP contribution is -2.53. The van der Waals surface area contributed by atoms with Crippen molar-refractivity contribution in [3.05, 3.63) is 125 Å². The maximum atomic E-state index is 14.7. The first-order valence-electron chi connectivity index (χ1n) is 15.7. The number of carbonyl (C=O) groups excluding carboxylic acids is 2. The Morgan fingerprint density at radius 3 is 2.17 bits per heavy atom. The molecule has 0 heterocycles. The van der Waals surface area contributed by atoms with Crippen LogP contribution in [0.2, 0.25) is 5.02 Å². The summed E-state index contributed by atoms with van der Waals surface area (Å²) in [5, 5.41) is 3.42. The number of sulfonamides is 1. The van der Waals surface area contributed by atoms with E-state index in [1.54, 1.807) is 67.6 Å². The van der Waals surface area contributed by atoms with Crippen LogP contribution in [0.4, 0.5) is 5.69 Å². The van der Waals surface area contributed by atoms with Crippen molar-refractivity contribution < 1.29 is 22.7 Å². The molecule has 0 aliphatic heterocycles. The number of ether oxygens (including phenoxy) is 1. The van der Waals surface area contributed by atoms with E-state index in [0.29, 0.717) is 22.9 Å². The van der Waals surface area contributed by atoms with Gasteiger partial charge in [0.1, 0.15) is 18.3 Å². The molecule has 0 fully saturated rings. The van der Waals surface area contributed by atoms with E-state index in [4.69, 9.17) is 16.3 Å². The number of halogens is 1. The van der Waals surface area contributed by atoms with Gasteiger partial charge in [-0.2, -0.15) is 0 Å². The lowest BCUT2D eigenvalue weighted by Gasteiger charge is -2.34. The summed E-state index contributed by atoms with van der Waals surface area (Å²) in [6, 6.07) is 28.7. The molecule has 0 saturated carbocycles. The highest BCUT2D eigenvalue weighted by Gasteiger charge is 2.35. The van der Waals surface area contributed by atoms with Gasteiger partial charge in [-0.25, -0.2) is 8.42 Å². The second-order valence-electron chi connectivity index (χ2n) is 11.7. The van der Waals surface area contributed by atoms with Gasteiger partial charge in [-0.15, -0.1) is 0 Å². The number of nitrogens with one attached hydrogen (secondary N) is 1. The van der Waals surface area contributed by atoms with Gasteiger partial charge in [0, 0.05) is 24.5 Å². The van der Waals surface area contributed by atoms with Crippen molar-refractivity contribution in [2.45, 2.75) is 51.6 Å². The summed E-state index contributed by atoms with van der Waals surface area (Å²) in [5.74, 6) is -0.431. The zero-order chi connectivity index (χ0) is 34.0. The molecule has 0 aliphatic rings. The number of para-hydroxylation sites is 2. The molecule has 4 aromatic carbocycles. The van der Waals surface area contributed by atoms with Gasteiger partial charge in [0.2, 0.25) is 11.8 Å². The van der Waals surface area contributed by atoms with Crippen LogP contribution in [0.25, 0.3) is 0 Å². The minimum absolute atomic E-state index is 0.0172. The van der Waals surface area contributed by atoms with Gasteiger partial charge in [-0.3, -0.25) is 13.9 Å². The van der Waals surface area contributed by atoms with E-state index in [1.807, 2.05) is 51.1 Å². The Bertz CT molecular complexity index is 1750. The molecular formula is C37H42ClN3O5S. The number of hydrogen-bond acceptors (Lipinski definition) is 5. The molecule has 0 aliphatic carbocycles. The largest absolute Gasteiger partial charge is 0.492 e. The number of rotatable bonds is 15. The second kappa shape index (κ2) is 16.5. The fraction of sp³-hybridized carbons (Fsp3) is 0.297. The highest BCUT2D eigenvalue weighted by Crippen LogP contribution is 2.33. The third kappa shape index (κ3) is 9.36. The van der Waals surface area contributed by atoms with E-state index in [9.17, 15) is 18.0 Å². The maximum absolute atomic E-state index is 14.7. The standard InChI is InChI=1S/C37H42ClN3O5S/c1-5-46-35-18-12-11-17-33(35)41(47(44,45)31-21-19-28(4)20-22-31)26-36(42)40(25-30-15-9-10-16-32(30)38)34(37(43)39-24-27(2)3)23-29-13-7-6-8-14-29/h6-22,27,34H,5,23-26H2,1-4H3,(H,39,43). The summed E-state index contributed by atoms with van der Waals surface area (Å²) in [6.45, 7) is 7.74. The van der Waals surface area contributed by atoms with E-state index < -0.39 is 28.5 Å². The molecule has 0 bridgehead atoms. The molecule has 0 aromatic heterocycles. The van der Waals surface area contributed by atoms with Gasteiger partial charge in [0.15, 0.2) is 0 Å². The van der Waals surface area contributed by atoms with Crippen LogP contribution >= 0.6 is 11.6 Å². The number of benzene rings is 4. The molecule has 8 nitrogen and oxygen atoms in total. The van der Waals surface area contributed by atoms with Crippen molar-refractivity contribution in [1.29, 1.82) is 0 Å². The Kier molecular flexibility index (Phi) is 12.4. The van der Waals surface area contributed by atoms with E-state index in [1.165, 1.54) is 17.0 Å². The van der Waals surface area contributed by atoms with Crippen LogP contribution < -0.4 is 14.4 Å². The van der Waals surface area contributed by atoms with Crippen LogP contribution in [-0.4, -0.2) is 50.9 Å². The molecule has 10 heteroatoms. The van der Waals surface area contributed by atoms with Gasteiger partial charge in [0.05, 0.1) is 17.2 Å². The minimum Gasteiger partial charge on any atom is -0.492 e. The van der Waals surface area contributed by atoms with E-state index >= 15 is 0 Å². The summed E-state index contributed by atoms with van der Waals surface area (Å²) in [7, 11) is -4.27. The summed E-state index contributed by atoms with van der Waals surface area (Å²) < 4.78 is 35.6. The summed E-state index contributed by atoms with van der Waals surface area (Å²) in [5.41, 5.74) is 2.58. The Hall–Kier alpha value is -4.34. The van der Waals surface area contributed by atoms with Crippen molar-refractivity contribution in [3.8, 4) is 5.75 Å². The Morgan fingerprint density at radius 1 is 0.872 bits per heavy atom. The Labute approximate surface area is 283 Å². The molecule has 2 amide bonds. The first kappa shape index (κ1) is 35.5. The highest BCUT2D eigenvalue weighted by atomic mass is 35.5. The fourth-order valence-electron chi connectivity index (χ4n) is 5.08. The molecule has 47 heavy (non-hydrogen) atoms. The van der Waals surface area contributed by atoms with Crippen LogP contribution in [-0.2, 0) is 32.6 Å².